The molecule has 1 nitrogen and oxygen atoms in total. The molecular weight excluding hydrogens is 356 g/mol. The smallest absolute Gasteiger partial charge is 0.140 e. The van der Waals surface area contributed by atoms with Gasteiger partial charge in [-0.2, -0.15) is 0 Å². The van der Waals surface area contributed by atoms with Crippen LogP contribution in [0.5, 0.6) is 0 Å². The van der Waals surface area contributed by atoms with Gasteiger partial charge in [0.05, 0.1) is 0 Å². The van der Waals surface area contributed by atoms with Crippen molar-refractivity contribution in [2.75, 3.05) is 0 Å². The molecule has 1 atom stereocenters. The largest absolute Gasteiger partial charge is 0.376 e. The van der Waals surface area contributed by atoms with Crippen LogP contribution in [-0.4, -0.2) is 5.11 Å². The highest BCUT2D eigenvalue weighted by Gasteiger charge is 2.02. The van der Waals surface area contributed by atoms with E-state index in [0.717, 1.165) is 20.1 Å². The Hall–Kier alpha value is -1.08. The molecule has 0 fully saturated rings. The molecule has 0 bridgehead atoms. The molecule has 18 heavy (non-hydrogen) atoms. The van der Waals surface area contributed by atoms with Gasteiger partial charge in [0.15, 0.2) is 0 Å². The summed E-state index contributed by atoms with van der Waals surface area (Å²) in [6.45, 7) is 0. The number of aliphatic hydroxyl groups is 1. The Bertz CT molecular complexity index is 577. The quantitative estimate of drug-likeness (QED) is 0.747. The molecule has 0 saturated heterocycles. The molecule has 0 heterocycles. The number of hydrogen-bond donors (Lipinski definition) is 1. The van der Waals surface area contributed by atoms with Gasteiger partial charge in [-0.3, -0.25) is 0 Å². The van der Waals surface area contributed by atoms with E-state index >= 15 is 0 Å². The standard InChI is InChI=1S/C15H10Br2O/c16-13-6-1-11(2-7-13)3-10-15(18)12-4-8-14(17)9-5-12/h1-2,4-9,15,18H/t15-/m0/s1. The van der Waals surface area contributed by atoms with Gasteiger partial charge in [-0.05, 0) is 42.0 Å². The van der Waals surface area contributed by atoms with Crippen LogP contribution in [0.25, 0.3) is 0 Å². The Kier molecular flexibility index (Phi) is 4.60. The van der Waals surface area contributed by atoms with Crippen molar-refractivity contribution in [2.45, 2.75) is 6.10 Å². The van der Waals surface area contributed by atoms with Crippen LogP contribution in [0.4, 0.5) is 0 Å². The number of benzene rings is 2. The highest BCUT2D eigenvalue weighted by Crippen LogP contribution is 2.16. The van der Waals surface area contributed by atoms with E-state index in [9.17, 15) is 5.11 Å². The molecule has 0 amide bonds. The van der Waals surface area contributed by atoms with Crippen LogP contribution in [0.15, 0.2) is 57.5 Å². The Morgan fingerprint density at radius 3 is 1.89 bits per heavy atom. The minimum Gasteiger partial charge on any atom is -0.376 e. The van der Waals surface area contributed by atoms with Gasteiger partial charge in [0.2, 0.25) is 0 Å². The van der Waals surface area contributed by atoms with Crippen LogP contribution in [0.2, 0.25) is 0 Å². The van der Waals surface area contributed by atoms with E-state index in [4.69, 9.17) is 0 Å². The lowest BCUT2D eigenvalue weighted by Crippen LogP contribution is -1.92. The maximum absolute atomic E-state index is 9.93. The van der Waals surface area contributed by atoms with Gasteiger partial charge in [0.25, 0.3) is 0 Å². The van der Waals surface area contributed by atoms with Crippen molar-refractivity contribution in [3.63, 3.8) is 0 Å². The predicted molar refractivity (Wildman–Crippen MR) is 80.1 cm³/mol. The molecule has 1 N–H and O–H groups in total. The van der Waals surface area contributed by atoms with Crippen LogP contribution in [0.1, 0.15) is 17.2 Å². The summed E-state index contributed by atoms with van der Waals surface area (Å²) in [6.07, 6.45) is -0.762. The molecule has 0 unspecified atom stereocenters. The van der Waals surface area contributed by atoms with Gasteiger partial charge >= 0.3 is 0 Å². The zero-order valence-corrected chi connectivity index (χ0v) is 12.6. The number of aliphatic hydroxyl groups excluding tert-OH is 1. The van der Waals surface area contributed by atoms with Crippen LogP contribution in [0, 0.1) is 11.8 Å². The van der Waals surface area contributed by atoms with Crippen molar-refractivity contribution >= 4 is 31.9 Å². The van der Waals surface area contributed by atoms with Crippen LogP contribution >= 0.6 is 31.9 Å². The molecular formula is C15H10Br2O. The Morgan fingerprint density at radius 1 is 0.833 bits per heavy atom. The summed E-state index contributed by atoms with van der Waals surface area (Å²) in [5.41, 5.74) is 1.68. The van der Waals surface area contributed by atoms with Crippen molar-refractivity contribution < 1.29 is 5.11 Å². The second kappa shape index (κ2) is 6.19. The second-order valence-corrected chi connectivity index (χ2v) is 5.56. The molecule has 0 saturated carbocycles. The summed E-state index contributed by atoms with van der Waals surface area (Å²) in [5, 5.41) is 9.93. The molecule has 0 aliphatic rings. The van der Waals surface area contributed by atoms with Gasteiger partial charge < -0.3 is 5.11 Å². The first-order chi connectivity index (χ1) is 8.65. The summed E-state index contributed by atoms with van der Waals surface area (Å²) in [7, 11) is 0. The fraction of sp³-hybridized carbons (Fsp3) is 0.0667. The third kappa shape index (κ3) is 3.71. The summed E-state index contributed by atoms with van der Waals surface area (Å²) >= 11 is 6.72. The molecule has 3 heteroatoms. The molecule has 0 aliphatic carbocycles. The Labute approximate surface area is 123 Å². The first-order valence-electron chi connectivity index (χ1n) is 5.36. The maximum atomic E-state index is 9.93. The molecule has 2 aromatic rings. The van der Waals surface area contributed by atoms with Gasteiger partial charge in [-0.1, -0.05) is 55.8 Å². The fourth-order valence-electron chi connectivity index (χ4n) is 1.41. The molecule has 2 rings (SSSR count). The normalized spacial score (nSPS) is 11.5. The van der Waals surface area contributed by atoms with E-state index in [1.54, 1.807) is 0 Å². The van der Waals surface area contributed by atoms with E-state index < -0.39 is 6.10 Å². The van der Waals surface area contributed by atoms with Gasteiger partial charge in [-0.25, -0.2) is 0 Å². The molecule has 2 aromatic carbocycles. The maximum Gasteiger partial charge on any atom is 0.140 e. The van der Waals surface area contributed by atoms with Gasteiger partial charge in [0, 0.05) is 14.5 Å². The molecule has 0 spiro atoms. The van der Waals surface area contributed by atoms with Crippen molar-refractivity contribution in [2.24, 2.45) is 0 Å². The number of hydrogen-bond acceptors (Lipinski definition) is 1. The third-order valence-electron chi connectivity index (χ3n) is 2.38. The number of rotatable bonds is 1. The second-order valence-electron chi connectivity index (χ2n) is 3.73. The third-order valence-corrected chi connectivity index (χ3v) is 3.44. The van der Waals surface area contributed by atoms with Crippen LogP contribution in [-0.2, 0) is 0 Å². The van der Waals surface area contributed by atoms with E-state index in [-0.39, 0.29) is 0 Å². The minimum absolute atomic E-state index is 0.762. The van der Waals surface area contributed by atoms with E-state index in [0.29, 0.717) is 0 Å². The lowest BCUT2D eigenvalue weighted by molar-refractivity contribution is 0.238. The molecule has 0 aliphatic heterocycles. The van der Waals surface area contributed by atoms with E-state index in [2.05, 4.69) is 43.7 Å². The monoisotopic (exact) mass is 364 g/mol. The predicted octanol–water partition coefficient (Wildman–Crippen LogP) is 4.30. The summed E-state index contributed by atoms with van der Waals surface area (Å²) in [6, 6.07) is 15.2. The zero-order chi connectivity index (χ0) is 13.0. The average molecular weight is 366 g/mol. The fourth-order valence-corrected chi connectivity index (χ4v) is 1.94. The summed E-state index contributed by atoms with van der Waals surface area (Å²) in [5.74, 6) is 5.78. The van der Waals surface area contributed by atoms with Crippen LogP contribution in [0.3, 0.4) is 0 Å². The lowest BCUT2D eigenvalue weighted by Gasteiger charge is -2.03. The van der Waals surface area contributed by atoms with E-state index in [1.807, 2.05) is 48.5 Å². The first-order valence-corrected chi connectivity index (χ1v) is 6.94. The van der Waals surface area contributed by atoms with Gasteiger partial charge in [0.1, 0.15) is 6.10 Å². The van der Waals surface area contributed by atoms with Crippen molar-refractivity contribution in [3.8, 4) is 11.8 Å². The van der Waals surface area contributed by atoms with Crippen molar-refractivity contribution in [1.82, 2.24) is 0 Å². The summed E-state index contributed by atoms with van der Waals surface area (Å²) < 4.78 is 2.00. The summed E-state index contributed by atoms with van der Waals surface area (Å²) in [4.78, 5) is 0. The van der Waals surface area contributed by atoms with Crippen LogP contribution < -0.4 is 0 Å². The molecule has 90 valence electrons. The highest BCUT2D eigenvalue weighted by atomic mass is 79.9. The molecule has 0 aromatic heterocycles. The average Bonchev–Trinajstić information content (AvgIpc) is 2.38. The lowest BCUT2D eigenvalue weighted by atomic mass is 10.1. The Morgan fingerprint density at radius 2 is 1.33 bits per heavy atom. The van der Waals surface area contributed by atoms with Crippen molar-refractivity contribution in [1.29, 1.82) is 0 Å². The van der Waals surface area contributed by atoms with Crippen molar-refractivity contribution in [3.05, 3.63) is 68.6 Å². The first kappa shape index (κ1) is 13.4. The zero-order valence-electron chi connectivity index (χ0n) is 9.40. The number of halogens is 2. The van der Waals surface area contributed by atoms with Gasteiger partial charge in [-0.15, -0.1) is 0 Å². The topological polar surface area (TPSA) is 20.2 Å². The minimum atomic E-state index is -0.762. The Balaban J connectivity index is 2.14. The van der Waals surface area contributed by atoms with E-state index in [1.165, 1.54) is 0 Å². The molecule has 0 radical (unpaired) electrons. The highest BCUT2D eigenvalue weighted by molar-refractivity contribution is 9.10. The SMILES string of the molecule is O[C@@H](C#Cc1ccc(Br)cc1)c1ccc(Br)cc1.